The van der Waals surface area contributed by atoms with Crippen molar-refractivity contribution >= 4 is 11.9 Å². The van der Waals surface area contributed by atoms with Crippen molar-refractivity contribution in [2.24, 2.45) is 11.8 Å². The van der Waals surface area contributed by atoms with Gasteiger partial charge in [0.15, 0.2) is 18.2 Å². The Labute approximate surface area is 219 Å². The second-order valence-electron chi connectivity index (χ2n) is 10.0. The van der Waals surface area contributed by atoms with E-state index in [-0.39, 0.29) is 28.9 Å². The van der Waals surface area contributed by atoms with Crippen LogP contribution in [-0.2, 0) is 15.1 Å². The van der Waals surface area contributed by atoms with Crippen LogP contribution in [0.4, 0.5) is 0 Å². The number of rotatable bonds is 6. The highest BCUT2D eigenvalue weighted by atomic mass is 16.6. The molecule has 0 saturated carbocycles. The first kappa shape index (κ1) is 25.7. The van der Waals surface area contributed by atoms with Crippen LogP contribution in [-0.4, -0.2) is 33.5 Å². The van der Waals surface area contributed by atoms with E-state index in [4.69, 9.17) is 18.9 Å². The molecule has 5 rings (SSSR count). The van der Waals surface area contributed by atoms with Gasteiger partial charge in [-0.05, 0) is 36.4 Å². The van der Waals surface area contributed by atoms with Crippen LogP contribution in [0.3, 0.4) is 0 Å². The lowest BCUT2D eigenvalue weighted by atomic mass is 9.77. The Bertz CT molecular complexity index is 1430. The second-order valence-corrected chi connectivity index (χ2v) is 10.0. The molecule has 1 spiro atoms. The minimum absolute atomic E-state index is 0.0258. The van der Waals surface area contributed by atoms with Crippen molar-refractivity contribution in [1.82, 2.24) is 0 Å². The Morgan fingerprint density at radius 1 is 0.895 bits per heavy atom. The van der Waals surface area contributed by atoms with Gasteiger partial charge in [-0.1, -0.05) is 33.8 Å². The zero-order valence-electron chi connectivity index (χ0n) is 21.3. The van der Waals surface area contributed by atoms with Crippen LogP contribution in [0.1, 0.15) is 66.6 Å². The number of aromatic carboxylic acids is 1. The average molecular weight is 521 g/mol. The Hall–Kier alpha value is -3.92. The summed E-state index contributed by atoms with van der Waals surface area (Å²) in [6.45, 7) is 7.08. The predicted molar refractivity (Wildman–Crippen MR) is 134 cm³/mol. The fraction of sp³-hybridized carbons (Fsp3) is 0.310. The monoisotopic (exact) mass is 520 g/mol. The molecule has 0 amide bonds. The zero-order chi connectivity index (χ0) is 27.4. The summed E-state index contributed by atoms with van der Waals surface area (Å²) in [5.41, 5.74) is 0.448. The summed E-state index contributed by atoms with van der Waals surface area (Å²) in [7, 11) is 0. The van der Waals surface area contributed by atoms with Crippen LogP contribution >= 0.6 is 0 Å². The van der Waals surface area contributed by atoms with Gasteiger partial charge in [0.2, 0.25) is 0 Å². The van der Waals surface area contributed by atoms with Gasteiger partial charge in [-0.3, -0.25) is 4.79 Å². The number of ether oxygens (including phenoxy) is 4. The van der Waals surface area contributed by atoms with Gasteiger partial charge >= 0.3 is 11.9 Å². The molecule has 2 aliphatic rings. The largest absolute Gasteiger partial charge is 0.478 e. The molecule has 9 heteroatoms. The molecular weight excluding hydrogens is 492 g/mol. The third kappa shape index (κ3) is 4.18. The molecule has 3 unspecified atom stereocenters. The van der Waals surface area contributed by atoms with Crippen molar-refractivity contribution in [3.63, 3.8) is 0 Å². The van der Waals surface area contributed by atoms with Crippen LogP contribution in [0, 0.1) is 11.8 Å². The van der Waals surface area contributed by atoms with E-state index in [1.807, 2.05) is 13.8 Å². The number of aliphatic hydroxyl groups excluding tert-OH is 2. The van der Waals surface area contributed by atoms with Crippen molar-refractivity contribution < 1.29 is 43.9 Å². The number of hydrogen-bond donors (Lipinski definition) is 3. The highest BCUT2D eigenvalue weighted by molar-refractivity contribution is 5.88. The molecule has 38 heavy (non-hydrogen) atoms. The molecule has 3 atom stereocenters. The number of hydrogen-bond acceptors (Lipinski definition) is 8. The van der Waals surface area contributed by atoms with E-state index in [0.717, 1.165) is 0 Å². The fourth-order valence-corrected chi connectivity index (χ4v) is 4.59. The highest BCUT2D eigenvalue weighted by Gasteiger charge is 2.53. The lowest BCUT2D eigenvalue weighted by Gasteiger charge is -2.37. The van der Waals surface area contributed by atoms with Gasteiger partial charge in [-0.25, -0.2) is 4.79 Å². The topological polar surface area (TPSA) is 132 Å². The standard InChI is InChI=1S/C29H28O9/c1-14(2)26(32)35-17-6-9-20-23(12-17)37-24-13-18(36-27(33)15(3)4)7-10-21(24)29(20)22-11-16(25(30)31)5-8-19(22)28(34)38-29/h5-15,26,28,32,34H,1-4H3,(H,30,31). The molecular formula is C29H28O9. The minimum atomic E-state index is -1.43. The molecule has 0 aliphatic carbocycles. The summed E-state index contributed by atoms with van der Waals surface area (Å²) in [6.07, 6.45) is -2.40. The van der Waals surface area contributed by atoms with E-state index in [9.17, 15) is 24.9 Å². The predicted octanol–water partition coefficient (Wildman–Crippen LogP) is 4.72. The number of carbonyl (C=O) groups is 2. The summed E-state index contributed by atoms with van der Waals surface area (Å²) < 4.78 is 23.6. The average Bonchev–Trinajstić information content (AvgIpc) is 3.15. The SMILES string of the molecule is CC(C)C(=O)Oc1ccc2c(c1)Oc1cc(OC(O)C(C)C)ccc1C21OC(O)c2ccc(C(=O)O)cc21. The first-order chi connectivity index (χ1) is 18.0. The Balaban J connectivity index is 1.71. The van der Waals surface area contributed by atoms with Crippen LogP contribution in [0.2, 0.25) is 0 Å². The summed E-state index contributed by atoms with van der Waals surface area (Å²) in [5.74, 6) is -0.872. The number of carboxylic acid groups (broad SMARTS) is 1. The van der Waals surface area contributed by atoms with E-state index < -0.39 is 30.1 Å². The quantitative estimate of drug-likeness (QED) is 0.240. The number of fused-ring (bicyclic) bond motifs is 6. The van der Waals surface area contributed by atoms with Gasteiger partial charge in [0.25, 0.3) is 0 Å². The molecule has 2 aliphatic heterocycles. The first-order valence-electron chi connectivity index (χ1n) is 12.3. The van der Waals surface area contributed by atoms with Gasteiger partial charge in [0, 0.05) is 40.3 Å². The van der Waals surface area contributed by atoms with Gasteiger partial charge < -0.3 is 34.3 Å². The van der Waals surface area contributed by atoms with Crippen molar-refractivity contribution in [3.8, 4) is 23.0 Å². The smallest absolute Gasteiger partial charge is 0.335 e. The number of benzene rings is 3. The van der Waals surface area contributed by atoms with E-state index in [1.165, 1.54) is 18.2 Å². The summed E-state index contributed by atoms with van der Waals surface area (Å²) >= 11 is 0. The molecule has 0 bridgehead atoms. The third-order valence-electron chi connectivity index (χ3n) is 6.64. The van der Waals surface area contributed by atoms with Crippen molar-refractivity contribution in [2.75, 3.05) is 0 Å². The number of esters is 1. The van der Waals surface area contributed by atoms with E-state index in [0.29, 0.717) is 33.8 Å². The Morgan fingerprint density at radius 3 is 2.13 bits per heavy atom. The number of carboxylic acids is 1. The third-order valence-corrected chi connectivity index (χ3v) is 6.64. The number of aliphatic hydroxyl groups is 2. The van der Waals surface area contributed by atoms with Gasteiger partial charge in [0.05, 0.1) is 11.5 Å². The van der Waals surface area contributed by atoms with Crippen LogP contribution in [0.5, 0.6) is 23.0 Å². The van der Waals surface area contributed by atoms with E-state index in [1.54, 1.807) is 50.2 Å². The lowest BCUT2D eigenvalue weighted by Crippen LogP contribution is -2.33. The van der Waals surface area contributed by atoms with Gasteiger partial charge in [-0.15, -0.1) is 0 Å². The molecule has 9 nitrogen and oxygen atoms in total. The Kier molecular flexibility index (Phi) is 6.38. The molecule has 3 aromatic rings. The van der Waals surface area contributed by atoms with E-state index in [2.05, 4.69) is 0 Å². The van der Waals surface area contributed by atoms with Gasteiger partial charge in [0.1, 0.15) is 23.0 Å². The molecule has 0 aromatic heterocycles. The lowest BCUT2D eigenvalue weighted by molar-refractivity contribution is -0.142. The maximum absolute atomic E-state index is 12.2. The molecule has 3 aromatic carbocycles. The second kappa shape index (κ2) is 9.43. The zero-order valence-corrected chi connectivity index (χ0v) is 21.3. The molecule has 3 N–H and O–H groups in total. The van der Waals surface area contributed by atoms with Crippen molar-refractivity contribution in [1.29, 1.82) is 0 Å². The van der Waals surface area contributed by atoms with Crippen LogP contribution in [0.15, 0.2) is 54.6 Å². The normalized spacial score (nSPS) is 19.9. The fourth-order valence-electron chi connectivity index (χ4n) is 4.59. The number of carbonyl (C=O) groups excluding carboxylic acids is 1. The summed E-state index contributed by atoms with van der Waals surface area (Å²) in [6, 6.07) is 14.2. The minimum Gasteiger partial charge on any atom is -0.478 e. The van der Waals surface area contributed by atoms with Crippen molar-refractivity contribution in [2.45, 2.75) is 45.9 Å². The highest BCUT2D eigenvalue weighted by Crippen LogP contribution is 2.59. The summed E-state index contributed by atoms with van der Waals surface area (Å²) in [5, 5.41) is 30.8. The maximum Gasteiger partial charge on any atom is 0.335 e. The summed E-state index contributed by atoms with van der Waals surface area (Å²) in [4.78, 5) is 24.1. The van der Waals surface area contributed by atoms with E-state index >= 15 is 0 Å². The van der Waals surface area contributed by atoms with Crippen LogP contribution < -0.4 is 14.2 Å². The molecule has 2 heterocycles. The van der Waals surface area contributed by atoms with Crippen LogP contribution in [0.25, 0.3) is 0 Å². The maximum atomic E-state index is 12.2. The molecule has 0 saturated heterocycles. The molecule has 198 valence electrons. The molecule has 0 fully saturated rings. The van der Waals surface area contributed by atoms with Gasteiger partial charge in [-0.2, -0.15) is 0 Å². The van der Waals surface area contributed by atoms with Crippen molar-refractivity contribution in [3.05, 3.63) is 82.4 Å². The Morgan fingerprint density at radius 2 is 1.53 bits per heavy atom. The first-order valence-corrected chi connectivity index (χ1v) is 12.3. The molecule has 0 radical (unpaired) electrons.